The van der Waals surface area contributed by atoms with Gasteiger partial charge in [0.15, 0.2) is 0 Å². The van der Waals surface area contributed by atoms with E-state index in [1.807, 2.05) is 38.1 Å². The van der Waals surface area contributed by atoms with Gasteiger partial charge >= 0.3 is 10.1 Å². The third-order valence-electron chi connectivity index (χ3n) is 16.1. The Bertz CT molecular complexity index is 2700. The molecule has 3 aliphatic carbocycles. The van der Waals surface area contributed by atoms with Crippen LogP contribution in [0.2, 0.25) is 0 Å². The topological polar surface area (TPSA) is 158 Å². The van der Waals surface area contributed by atoms with Crippen molar-refractivity contribution in [2.75, 3.05) is 34.2 Å². The lowest BCUT2D eigenvalue weighted by atomic mass is 9.70. The largest absolute Gasteiger partial charge is 0.508 e. The number of aromatic hydroxyl groups is 3. The molecule has 11 nitrogen and oxygen atoms in total. The molecule has 0 unspecified atom stereocenters. The Hall–Kier alpha value is -5.10. The van der Waals surface area contributed by atoms with Crippen molar-refractivity contribution in [3.05, 3.63) is 93.0 Å². The first kappa shape index (κ1) is 52.7. The molecule has 0 aromatic heterocycles. The zero-order valence-corrected chi connectivity index (χ0v) is 44.8. The van der Waals surface area contributed by atoms with Gasteiger partial charge in [0.1, 0.15) is 51.8 Å². The lowest BCUT2D eigenvalue weighted by Gasteiger charge is -2.36. The molecule has 3 N–H and O–H groups in total. The van der Waals surface area contributed by atoms with Gasteiger partial charge in [0, 0.05) is 98.9 Å². The van der Waals surface area contributed by atoms with Crippen LogP contribution >= 0.6 is 0 Å². The van der Waals surface area contributed by atoms with Gasteiger partial charge in [-0.05, 0) is 97.8 Å². The van der Waals surface area contributed by atoms with Crippen LogP contribution in [0, 0.1) is 40.4 Å². The van der Waals surface area contributed by atoms with Crippen molar-refractivity contribution in [3.8, 4) is 46.0 Å². The van der Waals surface area contributed by atoms with E-state index in [1.165, 1.54) is 0 Å². The number of Topliss-reactive ketones (excluding diaryl/α,β-unsaturated/α-hetero) is 1. The van der Waals surface area contributed by atoms with Crippen molar-refractivity contribution >= 4 is 15.9 Å². The highest BCUT2D eigenvalue weighted by atomic mass is 32.2. The fraction of sp³-hybridized carbons (Fsp3) is 0.569. The predicted molar refractivity (Wildman–Crippen MR) is 275 cm³/mol. The summed E-state index contributed by atoms with van der Waals surface area (Å²) < 4.78 is 60.8. The molecule has 3 aliphatic rings. The molecule has 2 fully saturated rings. The summed E-state index contributed by atoms with van der Waals surface area (Å²) in [5.74, 6) is -0.0351. The van der Waals surface area contributed by atoms with Gasteiger partial charge in [-0.2, -0.15) is 8.42 Å². The lowest BCUT2D eigenvalue weighted by Crippen LogP contribution is -2.43. The standard InChI is InChI=1S/C58H78O11S/c1-31(2)17-36-40-22-43(51(65-11)26-48(40)59)37(18-32(3)4)42-24-45(53(67-13)28-50(42)61)39(20-34(7)8)47-25-46(38(19-33(5)6)41-23-44(36)52(66-12)27-49(41)60)54(68-14)29-55(47)69-70(63,64)30-58-16-15-35(21-56(58)62)57(58,9)10/h22-29,31-39,59-61H,15-21,30H2,1-14H3/t35-,36-,37-,38-,39+,58-/m1/s1. The van der Waals surface area contributed by atoms with Gasteiger partial charge in [-0.25, -0.2) is 0 Å². The lowest BCUT2D eigenvalue weighted by molar-refractivity contribution is -0.128. The number of rotatable bonds is 16. The van der Waals surface area contributed by atoms with Crippen LogP contribution in [0.15, 0.2) is 48.5 Å². The van der Waals surface area contributed by atoms with Crippen molar-refractivity contribution in [2.24, 2.45) is 40.4 Å². The first-order valence-electron chi connectivity index (χ1n) is 25.3. The zero-order valence-electron chi connectivity index (χ0n) is 44.0. The van der Waals surface area contributed by atoms with Gasteiger partial charge in [0.2, 0.25) is 0 Å². The molecule has 4 aromatic rings. The molecule has 2 saturated carbocycles. The van der Waals surface area contributed by atoms with E-state index < -0.39 is 50.4 Å². The number of carbonyl (C=O) groups is 1. The van der Waals surface area contributed by atoms with Crippen molar-refractivity contribution in [2.45, 2.75) is 138 Å². The summed E-state index contributed by atoms with van der Waals surface area (Å²) in [6, 6.07) is 14.6. The van der Waals surface area contributed by atoms with Crippen LogP contribution in [0.1, 0.15) is 182 Å². The summed E-state index contributed by atoms with van der Waals surface area (Å²) in [5, 5.41) is 36.6. The molecule has 0 saturated heterocycles. The molecule has 0 amide bonds. The molecule has 7 rings (SSSR count). The SMILES string of the molecule is COc1cc(O)c2cc1[C@H](CC(C)C)c1cc(c(OC)cc1OS(=O)(=O)C[C@]13CC[C@H](CC1=O)C3(C)C)[C@H](CC(C)C)c1cc(c(OC)cc1O)[C@H](CC(C)C)c1cc(c(OC)cc1O)[C@@H]2CC(C)C. The molecule has 4 aromatic carbocycles. The summed E-state index contributed by atoms with van der Waals surface area (Å²) >= 11 is 0. The minimum atomic E-state index is -4.43. The second-order valence-electron chi connectivity index (χ2n) is 22.8. The predicted octanol–water partition coefficient (Wildman–Crippen LogP) is 13.0. The average molecular weight is 983 g/mol. The third-order valence-corrected chi connectivity index (χ3v) is 17.4. The maximum Gasteiger partial charge on any atom is 0.310 e. The van der Waals surface area contributed by atoms with Crippen molar-refractivity contribution in [3.63, 3.8) is 0 Å². The number of ether oxygens (including phenoxy) is 4. The minimum Gasteiger partial charge on any atom is -0.508 e. The first-order valence-corrected chi connectivity index (χ1v) is 26.9. The number of ketones is 1. The molecule has 0 heterocycles. The maximum atomic E-state index is 14.9. The van der Waals surface area contributed by atoms with E-state index in [0.717, 1.165) is 17.5 Å². The van der Waals surface area contributed by atoms with E-state index in [0.29, 0.717) is 94.9 Å². The Balaban J connectivity index is 1.63. The summed E-state index contributed by atoms with van der Waals surface area (Å²) in [4.78, 5) is 13.8. The Kier molecular flexibility index (Phi) is 15.2. The Morgan fingerprint density at radius 2 is 0.829 bits per heavy atom. The normalized spacial score (nSPS) is 22.8. The summed E-state index contributed by atoms with van der Waals surface area (Å²) in [5.41, 5.74) is 3.80. The molecular weight excluding hydrogens is 905 g/mol. The number of phenolic OH excluding ortho intramolecular Hbond substituents is 3. The van der Waals surface area contributed by atoms with E-state index in [9.17, 15) is 28.5 Å². The zero-order chi connectivity index (χ0) is 51.4. The number of fused-ring (bicyclic) bond motifs is 10. The van der Waals surface area contributed by atoms with Crippen molar-refractivity contribution < 1.29 is 51.7 Å². The average Bonchev–Trinajstić information content (AvgIpc) is 3.62. The Morgan fingerprint density at radius 1 is 0.514 bits per heavy atom. The molecule has 70 heavy (non-hydrogen) atoms. The molecule has 0 radical (unpaired) electrons. The van der Waals surface area contributed by atoms with Crippen LogP contribution in [0.3, 0.4) is 0 Å². The van der Waals surface area contributed by atoms with E-state index in [-0.39, 0.29) is 58.4 Å². The quantitative estimate of drug-likeness (QED) is 0.0918. The maximum absolute atomic E-state index is 14.9. The van der Waals surface area contributed by atoms with Gasteiger partial charge in [-0.15, -0.1) is 0 Å². The van der Waals surface area contributed by atoms with E-state index in [2.05, 4.69) is 55.4 Å². The van der Waals surface area contributed by atoms with Gasteiger partial charge in [-0.3, -0.25) is 4.79 Å². The second-order valence-corrected chi connectivity index (χ2v) is 24.3. The molecular formula is C58H78O11S. The molecule has 10 bridgehead atoms. The van der Waals surface area contributed by atoms with Crippen molar-refractivity contribution in [1.82, 2.24) is 0 Å². The van der Waals surface area contributed by atoms with E-state index >= 15 is 0 Å². The highest BCUT2D eigenvalue weighted by Gasteiger charge is 2.65. The third kappa shape index (κ3) is 9.79. The van der Waals surface area contributed by atoms with Crippen molar-refractivity contribution in [1.29, 1.82) is 0 Å². The highest BCUT2D eigenvalue weighted by Crippen LogP contribution is 2.64. The number of methoxy groups -OCH3 is 4. The molecule has 6 atom stereocenters. The molecule has 12 heteroatoms. The number of benzene rings is 4. The smallest absolute Gasteiger partial charge is 0.310 e. The first-order chi connectivity index (χ1) is 32.9. The Labute approximate surface area is 417 Å². The van der Waals surface area contributed by atoms with Crippen LogP contribution in [0.5, 0.6) is 46.0 Å². The van der Waals surface area contributed by atoms with Gasteiger partial charge in [0.05, 0.1) is 39.6 Å². The van der Waals surface area contributed by atoms with E-state index in [1.54, 1.807) is 52.7 Å². The highest BCUT2D eigenvalue weighted by molar-refractivity contribution is 7.87. The Morgan fingerprint density at radius 3 is 1.13 bits per heavy atom. The van der Waals surface area contributed by atoms with Crippen LogP contribution in [0.25, 0.3) is 0 Å². The van der Waals surface area contributed by atoms with Gasteiger partial charge in [-0.1, -0.05) is 69.2 Å². The van der Waals surface area contributed by atoms with Crippen LogP contribution in [-0.4, -0.2) is 63.7 Å². The fourth-order valence-electron chi connectivity index (χ4n) is 12.5. The summed E-state index contributed by atoms with van der Waals surface area (Å²) in [7, 11) is 1.83. The van der Waals surface area contributed by atoms with Crippen LogP contribution in [0.4, 0.5) is 0 Å². The monoisotopic (exact) mass is 983 g/mol. The summed E-state index contributed by atoms with van der Waals surface area (Å²) in [6.45, 7) is 21.0. The number of hydrogen-bond donors (Lipinski definition) is 3. The van der Waals surface area contributed by atoms with Gasteiger partial charge < -0.3 is 38.5 Å². The fourth-order valence-corrected chi connectivity index (χ4v) is 14.3. The number of phenols is 3. The van der Waals surface area contributed by atoms with Crippen LogP contribution in [-0.2, 0) is 14.9 Å². The molecule has 382 valence electrons. The number of carbonyl (C=O) groups excluding carboxylic acids is 1. The molecule has 0 aliphatic heterocycles. The van der Waals surface area contributed by atoms with Gasteiger partial charge in [0.25, 0.3) is 0 Å². The van der Waals surface area contributed by atoms with E-state index in [4.69, 9.17) is 23.1 Å². The minimum absolute atomic E-state index is 0.0142. The molecule has 0 spiro atoms. The number of hydrogen-bond acceptors (Lipinski definition) is 11. The summed E-state index contributed by atoms with van der Waals surface area (Å²) in [6.07, 6.45) is 3.88. The van der Waals surface area contributed by atoms with Crippen LogP contribution < -0.4 is 23.1 Å². The second kappa shape index (κ2) is 20.2.